The minimum Gasteiger partial charge on any atom is -0.385 e. The van der Waals surface area contributed by atoms with Gasteiger partial charge in [0, 0.05) is 33.5 Å². The number of pyridine rings is 1. The lowest BCUT2D eigenvalue weighted by atomic mass is 10.3. The first-order chi connectivity index (χ1) is 8.63. The third-order valence-electron chi connectivity index (χ3n) is 2.52. The molecule has 0 aliphatic heterocycles. The monoisotopic (exact) mass is 251 g/mol. The molecule has 1 amide bonds. The molecular formula is C13H21N3O2. The van der Waals surface area contributed by atoms with Crippen LogP contribution in [0.15, 0.2) is 18.3 Å². The average molecular weight is 251 g/mol. The zero-order valence-corrected chi connectivity index (χ0v) is 11.3. The van der Waals surface area contributed by atoms with Crippen LogP contribution in [0.3, 0.4) is 0 Å². The molecule has 0 aliphatic carbocycles. The van der Waals surface area contributed by atoms with Gasteiger partial charge >= 0.3 is 0 Å². The summed E-state index contributed by atoms with van der Waals surface area (Å²) in [7, 11) is 3.51. The normalized spacial score (nSPS) is 10.2. The standard InChI is InChI=1S/C13H21N3O2/c1-11-5-7-14-12(9-11)16(2)10-13(17)15-6-4-8-18-3/h5,7,9H,4,6,8,10H2,1-3H3,(H,15,17). The highest BCUT2D eigenvalue weighted by atomic mass is 16.5. The summed E-state index contributed by atoms with van der Waals surface area (Å²) in [4.78, 5) is 17.7. The quantitative estimate of drug-likeness (QED) is 0.734. The topological polar surface area (TPSA) is 54.5 Å². The Hall–Kier alpha value is -1.62. The van der Waals surface area contributed by atoms with Gasteiger partial charge in [-0.05, 0) is 31.0 Å². The number of anilines is 1. The molecule has 5 nitrogen and oxygen atoms in total. The van der Waals surface area contributed by atoms with Gasteiger partial charge in [0.25, 0.3) is 0 Å². The summed E-state index contributed by atoms with van der Waals surface area (Å²) in [5.41, 5.74) is 1.13. The van der Waals surface area contributed by atoms with E-state index in [4.69, 9.17) is 4.74 Å². The van der Waals surface area contributed by atoms with Crippen LogP contribution < -0.4 is 10.2 Å². The van der Waals surface area contributed by atoms with Crippen molar-refractivity contribution in [1.29, 1.82) is 0 Å². The van der Waals surface area contributed by atoms with E-state index in [1.54, 1.807) is 13.3 Å². The van der Waals surface area contributed by atoms with Crippen molar-refractivity contribution in [3.05, 3.63) is 23.9 Å². The van der Waals surface area contributed by atoms with Crippen LogP contribution in [0.25, 0.3) is 0 Å². The fraction of sp³-hybridized carbons (Fsp3) is 0.538. The molecule has 0 saturated carbocycles. The van der Waals surface area contributed by atoms with Crippen LogP contribution in [0, 0.1) is 6.92 Å². The van der Waals surface area contributed by atoms with E-state index in [1.807, 2.05) is 31.0 Å². The number of amides is 1. The number of nitrogens with zero attached hydrogens (tertiary/aromatic N) is 2. The molecule has 18 heavy (non-hydrogen) atoms. The molecule has 1 heterocycles. The van der Waals surface area contributed by atoms with Gasteiger partial charge in [0.05, 0.1) is 6.54 Å². The molecule has 1 N–H and O–H groups in total. The molecule has 5 heteroatoms. The van der Waals surface area contributed by atoms with Crippen LogP contribution in [0.2, 0.25) is 0 Å². The molecule has 0 atom stereocenters. The zero-order valence-electron chi connectivity index (χ0n) is 11.3. The number of likely N-dealkylation sites (N-methyl/N-ethyl adjacent to an activating group) is 1. The molecule has 0 saturated heterocycles. The lowest BCUT2D eigenvalue weighted by Gasteiger charge is -2.17. The van der Waals surface area contributed by atoms with Crippen LogP contribution in [0.4, 0.5) is 5.82 Å². The van der Waals surface area contributed by atoms with Gasteiger partial charge in [-0.2, -0.15) is 0 Å². The van der Waals surface area contributed by atoms with Gasteiger partial charge in [-0.25, -0.2) is 4.98 Å². The third kappa shape index (κ3) is 5.14. The first kappa shape index (κ1) is 14.4. The minimum absolute atomic E-state index is 0.00286. The molecule has 1 aromatic heterocycles. The van der Waals surface area contributed by atoms with Gasteiger partial charge in [-0.1, -0.05) is 0 Å². The molecule has 1 rings (SSSR count). The Kier molecular flexibility index (Phi) is 6.14. The fourth-order valence-corrected chi connectivity index (χ4v) is 1.53. The Morgan fingerprint density at radius 2 is 2.33 bits per heavy atom. The van der Waals surface area contributed by atoms with Crippen molar-refractivity contribution in [2.24, 2.45) is 0 Å². The number of aryl methyl sites for hydroxylation is 1. The molecule has 0 aromatic carbocycles. The zero-order chi connectivity index (χ0) is 13.4. The Balaban J connectivity index is 2.35. The summed E-state index contributed by atoms with van der Waals surface area (Å²) in [5, 5.41) is 2.84. The molecular weight excluding hydrogens is 230 g/mol. The number of aromatic nitrogens is 1. The van der Waals surface area contributed by atoms with Crippen LogP contribution in [0.5, 0.6) is 0 Å². The van der Waals surface area contributed by atoms with Crippen molar-refractivity contribution in [1.82, 2.24) is 10.3 Å². The second kappa shape index (κ2) is 7.66. The SMILES string of the molecule is COCCCNC(=O)CN(C)c1cc(C)ccn1. The Bertz CT molecular complexity index is 382. The highest BCUT2D eigenvalue weighted by molar-refractivity contribution is 5.80. The first-order valence-corrected chi connectivity index (χ1v) is 6.03. The number of ether oxygens (including phenoxy) is 1. The van der Waals surface area contributed by atoms with E-state index in [0.717, 1.165) is 17.8 Å². The lowest BCUT2D eigenvalue weighted by Crippen LogP contribution is -2.36. The number of carbonyl (C=O) groups excluding carboxylic acids is 1. The maximum absolute atomic E-state index is 11.7. The molecule has 0 fully saturated rings. The van der Waals surface area contributed by atoms with Crippen molar-refractivity contribution in [2.75, 3.05) is 38.8 Å². The smallest absolute Gasteiger partial charge is 0.239 e. The molecule has 100 valence electrons. The molecule has 0 spiro atoms. The fourth-order valence-electron chi connectivity index (χ4n) is 1.53. The van der Waals surface area contributed by atoms with Crippen LogP contribution >= 0.6 is 0 Å². The van der Waals surface area contributed by atoms with Crippen molar-refractivity contribution in [2.45, 2.75) is 13.3 Å². The maximum atomic E-state index is 11.7. The lowest BCUT2D eigenvalue weighted by molar-refractivity contribution is -0.119. The van der Waals surface area contributed by atoms with Crippen LogP contribution in [-0.4, -0.2) is 44.7 Å². The van der Waals surface area contributed by atoms with E-state index < -0.39 is 0 Å². The number of methoxy groups -OCH3 is 1. The van der Waals surface area contributed by atoms with Crippen molar-refractivity contribution < 1.29 is 9.53 Å². The van der Waals surface area contributed by atoms with E-state index in [9.17, 15) is 4.79 Å². The minimum atomic E-state index is -0.00286. The molecule has 0 aliphatic rings. The van der Waals surface area contributed by atoms with Gasteiger partial charge in [0.1, 0.15) is 5.82 Å². The second-order valence-electron chi connectivity index (χ2n) is 4.24. The molecule has 0 bridgehead atoms. The maximum Gasteiger partial charge on any atom is 0.239 e. The van der Waals surface area contributed by atoms with Crippen molar-refractivity contribution in [3.8, 4) is 0 Å². The van der Waals surface area contributed by atoms with Crippen molar-refractivity contribution >= 4 is 11.7 Å². The van der Waals surface area contributed by atoms with E-state index >= 15 is 0 Å². The molecule has 0 unspecified atom stereocenters. The number of carbonyl (C=O) groups is 1. The Labute approximate surface area is 108 Å². The van der Waals surface area contributed by atoms with E-state index in [2.05, 4.69) is 10.3 Å². The molecule has 0 radical (unpaired) electrons. The van der Waals surface area contributed by atoms with Gasteiger partial charge < -0.3 is 15.0 Å². The second-order valence-corrected chi connectivity index (χ2v) is 4.24. The van der Waals surface area contributed by atoms with E-state index in [1.165, 1.54) is 0 Å². The van der Waals surface area contributed by atoms with Gasteiger partial charge in [0.15, 0.2) is 0 Å². The van der Waals surface area contributed by atoms with Crippen LogP contribution in [-0.2, 0) is 9.53 Å². The summed E-state index contributed by atoms with van der Waals surface area (Å²) in [6.45, 7) is 3.62. The summed E-state index contributed by atoms with van der Waals surface area (Å²) in [6.07, 6.45) is 2.58. The number of hydrogen-bond acceptors (Lipinski definition) is 4. The molecule has 1 aromatic rings. The number of rotatable bonds is 7. The highest BCUT2D eigenvalue weighted by Gasteiger charge is 2.07. The number of nitrogens with one attached hydrogen (secondary N) is 1. The van der Waals surface area contributed by atoms with Gasteiger partial charge in [-0.3, -0.25) is 4.79 Å². The number of hydrogen-bond donors (Lipinski definition) is 1. The first-order valence-electron chi connectivity index (χ1n) is 6.03. The third-order valence-corrected chi connectivity index (χ3v) is 2.52. The van der Waals surface area contributed by atoms with Crippen LogP contribution in [0.1, 0.15) is 12.0 Å². The summed E-state index contributed by atoms with van der Waals surface area (Å²) in [5.74, 6) is 0.805. The Morgan fingerprint density at radius 3 is 3.00 bits per heavy atom. The van der Waals surface area contributed by atoms with E-state index in [-0.39, 0.29) is 5.91 Å². The summed E-state index contributed by atoms with van der Waals surface area (Å²) >= 11 is 0. The van der Waals surface area contributed by atoms with Gasteiger partial charge in [-0.15, -0.1) is 0 Å². The average Bonchev–Trinajstić information content (AvgIpc) is 2.34. The van der Waals surface area contributed by atoms with Crippen molar-refractivity contribution in [3.63, 3.8) is 0 Å². The summed E-state index contributed by atoms with van der Waals surface area (Å²) in [6, 6.07) is 3.89. The summed E-state index contributed by atoms with van der Waals surface area (Å²) < 4.78 is 4.92. The predicted molar refractivity (Wildman–Crippen MR) is 71.7 cm³/mol. The highest BCUT2D eigenvalue weighted by Crippen LogP contribution is 2.09. The largest absolute Gasteiger partial charge is 0.385 e. The van der Waals surface area contributed by atoms with E-state index in [0.29, 0.717) is 19.7 Å². The van der Waals surface area contributed by atoms with Gasteiger partial charge in [0.2, 0.25) is 5.91 Å². The Morgan fingerprint density at radius 1 is 1.56 bits per heavy atom. The predicted octanol–water partition coefficient (Wildman–Crippen LogP) is 0.979.